The first kappa shape index (κ1) is 19.9. The fourth-order valence-electron chi connectivity index (χ4n) is 3.52. The molecule has 0 radical (unpaired) electrons. The average Bonchev–Trinajstić information content (AvgIpc) is 3.43. The first-order valence-electron chi connectivity index (χ1n) is 9.48. The minimum Gasteiger partial charge on any atom is -0.363 e. The molecule has 4 rings (SSSR count). The number of hydrogen-bond acceptors (Lipinski definition) is 4. The zero-order chi connectivity index (χ0) is 20.9. The Morgan fingerprint density at radius 2 is 1.93 bits per heavy atom. The monoisotopic (exact) mass is 462 g/mol. The Morgan fingerprint density at radius 3 is 2.59 bits per heavy atom. The molecule has 1 aromatic carbocycles. The van der Waals surface area contributed by atoms with E-state index in [1.807, 2.05) is 6.92 Å². The van der Waals surface area contributed by atoms with Gasteiger partial charge in [0, 0.05) is 22.9 Å². The number of rotatable bonds is 5. The Morgan fingerprint density at radius 1 is 1.24 bits per heavy atom. The number of anilines is 1. The van der Waals surface area contributed by atoms with Crippen LogP contribution < -0.4 is 10.9 Å². The molecule has 1 aliphatic rings. The van der Waals surface area contributed by atoms with E-state index in [9.17, 15) is 13.6 Å². The second kappa shape index (κ2) is 7.16. The lowest BCUT2D eigenvalue weighted by Gasteiger charge is -2.20. The van der Waals surface area contributed by atoms with Crippen molar-refractivity contribution in [1.82, 2.24) is 14.5 Å². The van der Waals surface area contributed by atoms with Gasteiger partial charge < -0.3 is 9.88 Å². The number of fused-ring (bicyclic) bond motifs is 1. The number of pyridine rings is 1. The lowest BCUT2D eigenvalue weighted by atomic mass is 10.0. The third kappa shape index (κ3) is 3.43. The molecule has 2 aromatic heterocycles. The SMILES string of the molecule is CC(F)c1cccc(C(C)Nc2ncnc3c(Br)c(=O)n(C4(C)CC4)cc23)c1F. The number of benzene rings is 1. The summed E-state index contributed by atoms with van der Waals surface area (Å²) in [6, 6.07) is 4.24. The summed E-state index contributed by atoms with van der Waals surface area (Å²) in [4.78, 5) is 21.3. The van der Waals surface area contributed by atoms with Gasteiger partial charge in [0.25, 0.3) is 5.56 Å². The number of aromatic nitrogens is 3. The fourth-order valence-corrected chi connectivity index (χ4v) is 4.03. The lowest BCUT2D eigenvalue weighted by molar-refractivity contribution is 0.360. The van der Waals surface area contributed by atoms with Crippen molar-refractivity contribution in [3.63, 3.8) is 0 Å². The Balaban J connectivity index is 1.78. The lowest BCUT2D eigenvalue weighted by Crippen LogP contribution is -2.28. The van der Waals surface area contributed by atoms with Gasteiger partial charge in [-0.2, -0.15) is 0 Å². The molecule has 0 spiro atoms. The second-order valence-electron chi connectivity index (χ2n) is 7.83. The Bertz CT molecular complexity index is 1160. The largest absolute Gasteiger partial charge is 0.363 e. The molecule has 2 atom stereocenters. The van der Waals surface area contributed by atoms with E-state index in [1.165, 1.54) is 19.3 Å². The van der Waals surface area contributed by atoms with E-state index in [0.29, 0.717) is 26.8 Å². The normalized spacial score (nSPS) is 17.2. The highest BCUT2D eigenvalue weighted by molar-refractivity contribution is 9.10. The molecule has 29 heavy (non-hydrogen) atoms. The van der Waals surface area contributed by atoms with Crippen LogP contribution in [0.5, 0.6) is 0 Å². The van der Waals surface area contributed by atoms with Gasteiger partial charge in [0.1, 0.15) is 28.6 Å². The van der Waals surface area contributed by atoms with Crippen LogP contribution in [-0.2, 0) is 5.54 Å². The molecule has 3 aromatic rings. The highest BCUT2D eigenvalue weighted by atomic mass is 79.9. The number of nitrogens with zero attached hydrogens (tertiary/aromatic N) is 3. The molecule has 152 valence electrons. The first-order chi connectivity index (χ1) is 13.7. The second-order valence-corrected chi connectivity index (χ2v) is 8.63. The van der Waals surface area contributed by atoms with Crippen molar-refractivity contribution < 1.29 is 8.78 Å². The fraction of sp³-hybridized carbons (Fsp3) is 0.381. The number of hydrogen-bond donors (Lipinski definition) is 1. The van der Waals surface area contributed by atoms with Crippen molar-refractivity contribution in [3.8, 4) is 0 Å². The molecule has 1 aliphatic carbocycles. The molecular weight excluding hydrogens is 442 g/mol. The molecule has 1 fully saturated rings. The minimum absolute atomic E-state index is 0.0296. The van der Waals surface area contributed by atoms with Gasteiger partial charge in [-0.25, -0.2) is 18.7 Å². The van der Waals surface area contributed by atoms with Gasteiger partial charge in [0.15, 0.2) is 0 Å². The van der Waals surface area contributed by atoms with Crippen LogP contribution in [0.3, 0.4) is 0 Å². The Kier molecular flexibility index (Phi) is 4.93. The summed E-state index contributed by atoms with van der Waals surface area (Å²) in [5.74, 6) is -0.0799. The van der Waals surface area contributed by atoms with Crippen LogP contribution >= 0.6 is 15.9 Å². The quantitative estimate of drug-likeness (QED) is 0.550. The van der Waals surface area contributed by atoms with Crippen LogP contribution in [0.2, 0.25) is 0 Å². The summed E-state index contributed by atoms with van der Waals surface area (Å²) < 4.78 is 30.6. The third-order valence-corrected chi connectivity index (χ3v) is 6.33. The van der Waals surface area contributed by atoms with Gasteiger partial charge in [-0.1, -0.05) is 18.2 Å². The molecular formula is C21H21BrF2N4O. The third-order valence-electron chi connectivity index (χ3n) is 5.62. The zero-order valence-corrected chi connectivity index (χ0v) is 17.9. The maximum Gasteiger partial charge on any atom is 0.267 e. The van der Waals surface area contributed by atoms with Gasteiger partial charge in [0.2, 0.25) is 0 Å². The maximum atomic E-state index is 14.8. The van der Waals surface area contributed by atoms with Crippen LogP contribution in [0.25, 0.3) is 10.9 Å². The molecule has 0 aliphatic heterocycles. The van der Waals surface area contributed by atoms with Gasteiger partial charge >= 0.3 is 0 Å². The van der Waals surface area contributed by atoms with Crippen LogP contribution in [-0.4, -0.2) is 14.5 Å². The summed E-state index contributed by atoms with van der Waals surface area (Å²) in [5, 5.41) is 3.87. The maximum absolute atomic E-state index is 14.8. The van der Waals surface area contributed by atoms with E-state index in [2.05, 4.69) is 31.2 Å². The first-order valence-corrected chi connectivity index (χ1v) is 10.3. The van der Waals surface area contributed by atoms with E-state index in [4.69, 9.17) is 0 Å². The van der Waals surface area contributed by atoms with E-state index >= 15 is 0 Å². The van der Waals surface area contributed by atoms with Crippen LogP contribution in [0.1, 0.15) is 57.0 Å². The van der Waals surface area contributed by atoms with Gasteiger partial charge in [-0.3, -0.25) is 4.79 Å². The standard InChI is InChI=1S/C21H21BrF2N4O/c1-11(23)13-5-4-6-14(17(13)24)12(2)27-19-15-9-28(21(3)7-8-21)20(29)16(22)18(15)25-10-26-19/h4-6,9-12H,7-8H2,1-3H3,(H,25,26,27). The van der Waals surface area contributed by atoms with Crippen molar-refractivity contribution in [1.29, 1.82) is 0 Å². The molecule has 2 unspecified atom stereocenters. The summed E-state index contributed by atoms with van der Waals surface area (Å²) in [6.45, 7) is 5.13. The summed E-state index contributed by atoms with van der Waals surface area (Å²) in [5.41, 5.74) is 0.532. The highest BCUT2D eigenvalue weighted by Gasteiger charge is 2.40. The predicted octanol–water partition coefficient (Wildman–Crippen LogP) is 5.41. The van der Waals surface area contributed by atoms with E-state index in [1.54, 1.807) is 29.8 Å². The summed E-state index contributed by atoms with van der Waals surface area (Å²) >= 11 is 3.38. The van der Waals surface area contributed by atoms with Gasteiger partial charge in [0.05, 0.1) is 16.9 Å². The van der Waals surface area contributed by atoms with E-state index < -0.39 is 18.0 Å². The molecule has 2 heterocycles. The van der Waals surface area contributed by atoms with Crippen molar-refractivity contribution in [3.05, 3.63) is 62.5 Å². The van der Waals surface area contributed by atoms with Crippen molar-refractivity contribution in [2.24, 2.45) is 0 Å². The summed E-state index contributed by atoms with van der Waals surface area (Å²) in [6.07, 6.45) is 3.59. The summed E-state index contributed by atoms with van der Waals surface area (Å²) in [7, 11) is 0. The number of nitrogens with one attached hydrogen (secondary N) is 1. The molecule has 1 N–H and O–H groups in total. The average molecular weight is 463 g/mol. The molecule has 0 saturated heterocycles. The Labute approximate surface area is 175 Å². The molecule has 8 heteroatoms. The highest BCUT2D eigenvalue weighted by Crippen LogP contribution is 2.43. The predicted molar refractivity (Wildman–Crippen MR) is 112 cm³/mol. The van der Waals surface area contributed by atoms with Crippen LogP contribution in [0.15, 0.2) is 40.0 Å². The molecule has 1 saturated carbocycles. The van der Waals surface area contributed by atoms with E-state index in [0.717, 1.165) is 12.8 Å². The van der Waals surface area contributed by atoms with Crippen molar-refractivity contribution >= 4 is 32.7 Å². The van der Waals surface area contributed by atoms with Crippen LogP contribution in [0.4, 0.5) is 14.6 Å². The topological polar surface area (TPSA) is 59.8 Å². The molecule has 0 bridgehead atoms. The van der Waals surface area contributed by atoms with Gasteiger partial charge in [-0.15, -0.1) is 0 Å². The van der Waals surface area contributed by atoms with Crippen LogP contribution in [0, 0.1) is 5.82 Å². The van der Waals surface area contributed by atoms with E-state index in [-0.39, 0.29) is 16.7 Å². The van der Waals surface area contributed by atoms with Gasteiger partial charge in [-0.05, 0) is 49.5 Å². The molecule has 0 amide bonds. The number of alkyl halides is 1. The van der Waals surface area contributed by atoms with Crippen molar-refractivity contribution in [2.45, 2.75) is 51.4 Å². The number of halogens is 3. The Hall–Kier alpha value is -2.35. The molecule has 5 nitrogen and oxygen atoms in total. The smallest absolute Gasteiger partial charge is 0.267 e. The van der Waals surface area contributed by atoms with Crippen molar-refractivity contribution in [2.75, 3.05) is 5.32 Å². The minimum atomic E-state index is -1.40. The zero-order valence-electron chi connectivity index (χ0n) is 16.3.